The van der Waals surface area contributed by atoms with Gasteiger partial charge in [0, 0.05) is 28.6 Å². The molecule has 32 heavy (non-hydrogen) atoms. The molecule has 0 saturated carbocycles. The molecule has 0 bridgehead atoms. The quantitative estimate of drug-likeness (QED) is 0.462. The minimum absolute atomic E-state index is 0.0191. The molecule has 164 valence electrons. The molecule has 4 aromatic rings. The molecule has 1 saturated heterocycles. The third-order valence-corrected chi connectivity index (χ3v) is 8.72. The van der Waals surface area contributed by atoms with E-state index >= 15 is 0 Å². The molecule has 3 aromatic heterocycles. The number of likely N-dealkylation sites (tertiary alicyclic amines) is 1. The first-order chi connectivity index (χ1) is 15.5. The van der Waals surface area contributed by atoms with E-state index in [-0.39, 0.29) is 11.5 Å². The summed E-state index contributed by atoms with van der Waals surface area (Å²) in [6.07, 6.45) is 6.40. The Hall–Kier alpha value is -2.65. The fourth-order valence-electron chi connectivity index (χ4n) is 5.14. The Bertz CT molecular complexity index is 1340. The zero-order valence-corrected chi connectivity index (χ0v) is 19.7. The number of nitrogens with zero attached hydrogens (tertiary/aromatic N) is 5. The smallest absolute Gasteiger partial charge is 0.226 e. The number of anilines is 2. The fourth-order valence-corrected chi connectivity index (χ4v) is 7.01. The molecule has 0 spiro atoms. The van der Waals surface area contributed by atoms with E-state index in [0.717, 1.165) is 70.6 Å². The summed E-state index contributed by atoms with van der Waals surface area (Å²) in [4.78, 5) is 26.8. The molecule has 1 aromatic carbocycles. The number of nitrogens with one attached hydrogen (secondary N) is 1. The zero-order valence-electron chi connectivity index (χ0n) is 18.1. The maximum atomic E-state index is 13.3. The second-order valence-corrected chi connectivity index (χ2v) is 11.2. The van der Waals surface area contributed by atoms with Crippen LogP contribution in [0.4, 0.5) is 11.5 Å². The summed E-state index contributed by atoms with van der Waals surface area (Å²) in [6, 6.07) is 6.03. The highest BCUT2D eigenvalue weighted by molar-refractivity contribution is 7.19. The summed E-state index contributed by atoms with van der Waals surface area (Å²) in [6.45, 7) is 5.28. The second-order valence-electron chi connectivity index (χ2n) is 9.33. The predicted octanol–water partition coefficient (Wildman–Crippen LogP) is 4.95. The van der Waals surface area contributed by atoms with Crippen LogP contribution in [0.15, 0.2) is 24.5 Å². The molecule has 4 heterocycles. The van der Waals surface area contributed by atoms with Crippen LogP contribution in [0.1, 0.15) is 43.6 Å². The Morgan fingerprint density at radius 3 is 3.03 bits per heavy atom. The molecule has 1 aliphatic carbocycles. The van der Waals surface area contributed by atoms with E-state index in [9.17, 15) is 4.79 Å². The van der Waals surface area contributed by atoms with E-state index in [1.165, 1.54) is 22.0 Å². The molecular formula is C23H24N6OS2. The summed E-state index contributed by atoms with van der Waals surface area (Å²) in [5.74, 6) is 1.22. The van der Waals surface area contributed by atoms with E-state index in [1.807, 2.05) is 12.1 Å². The fraction of sp³-hybridized carbons (Fsp3) is 0.435. The predicted molar refractivity (Wildman–Crippen MR) is 129 cm³/mol. The molecule has 0 radical (unpaired) electrons. The molecule has 2 aliphatic rings. The van der Waals surface area contributed by atoms with Crippen LogP contribution in [0.3, 0.4) is 0 Å². The summed E-state index contributed by atoms with van der Waals surface area (Å²) in [5.41, 5.74) is 3.15. The van der Waals surface area contributed by atoms with Crippen molar-refractivity contribution in [1.29, 1.82) is 0 Å². The van der Waals surface area contributed by atoms with Crippen molar-refractivity contribution >= 4 is 60.7 Å². The molecule has 9 heteroatoms. The van der Waals surface area contributed by atoms with Gasteiger partial charge >= 0.3 is 0 Å². The highest BCUT2D eigenvalue weighted by Gasteiger charge is 2.39. The van der Waals surface area contributed by atoms with E-state index in [2.05, 4.69) is 49.7 Å². The van der Waals surface area contributed by atoms with Gasteiger partial charge in [0.15, 0.2) is 0 Å². The van der Waals surface area contributed by atoms with Gasteiger partial charge in [0.05, 0.1) is 10.1 Å². The van der Waals surface area contributed by atoms with Gasteiger partial charge in [0.2, 0.25) is 5.91 Å². The average molecular weight is 465 g/mol. The number of aromatic nitrogens is 4. The minimum atomic E-state index is -0.0191. The van der Waals surface area contributed by atoms with Crippen molar-refractivity contribution in [3.05, 3.63) is 35.0 Å². The molecule has 1 N–H and O–H groups in total. The molecule has 1 atom stereocenters. The van der Waals surface area contributed by atoms with Crippen molar-refractivity contribution in [2.45, 2.75) is 51.5 Å². The van der Waals surface area contributed by atoms with Crippen LogP contribution in [0, 0.1) is 5.92 Å². The Balaban J connectivity index is 1.31. The lowest BCUT2D eigenvalue weighted by Gasteiger charge is -2.35. The Morgan fingerprint density at radius 1 is 1.28 bits per heavy atom. The van der Waals surface area contributed by atoms with Gasteiger partial charge in [-0.2, -0.15) is 0 Å². The Morgan fingerprint density at radius 2 is 2.19 bits per heavy atom. The largest absolute Gasteiger partial charge is 0.340 e. The van der Waals surface area contributed by atoms with Crippen LogP contribution >= 0.6 is 22.9 Å². The first-order valence-electron chi connectivity index (χ1n) is 11.1. The number of rotatable bonds is 3. The number of hydrogen-bond acceptors (Lipinski definition) is 8. The van der Waals surface area contributed by atoms with Crippen molar-refractivity contribution in [2.75, 3.05) is 11.9 Å². The van der Waals surface area contributed by atoms with Crippen LogP contribution in [0.5, 0.6) is 0 Å². The van der Waals surface area contributed by atoms with Gasteiger partial charge in [0.25, 0.3) is 0 Å². The van der Waals surface area contributed by atoms with E-state index in [1.54, 1.807) is 17.7 Å². The molecular weight excluding hydrogens is 440 g/mol. The molecule has 6 rings (SSSR count). The number of carbonyl (C=O) groups is 1. The van der Waals surface area contributed by atoms with Crippen molar-refractivity contribution in [3.8, 4) is 0 Å². The SMILES string of the molecule is CC1(C)CCCN1C(=O)[C@H]1CCc2c(sc3ncnc(Nc4ccc5nnsc5c4)c23)C1. The first-order valence-corrected chi connectivity index (χ1v) is 12.6. The molecule has 0 unspecified atom stereocenters. The van der Waals surface area contributed by atoms with Crippen LogP contribution in [0.2, 0.25) is 0 Å². The second kappa shape index (κ2) is 7.45. The molecule has 1 fully saturated rings. The standard InChI is InChI=1S/C23H24N6OS2/c1-23(2)8-3-9-29(23)22(30)13-4-6-15-17(10-13)31-21-19(15)20(24-12-25-21)26-14-5-7-16-18(11-14)32-28-27-16/h5,7,11-13H,3-4,6,8-10H2,1-2H3,(H,24,25,26)/t13-/m0/s1. The molecule has 1 amide bonds. The van der Waals surface area contributed by atoms with Crippen LogP contribution < -0.4 is 5.32 Å². The third-order valence-electron chi connectivity index (χ3n) is 6.87. The Labute approximate surface area is 194 Å². The number of amides is 1. The number of benzene rings is 1. The lowest BCUT2D eigenvalue weighted by molar-refractivity contribution is -0.139. The van der Waals surface area contributed by atoms with Crippen LogP contribution in [0.25, 0.3) is 20.4 Å². The van der Waals surface area contributed by atoms with E-state index in [4.69, 9.17) is 0 Å². The third kappa shape index (κ3) is 3.26. The van der Waals surface area contributed by atoms with Crippen LogP contribution in [-0.2, 0) is 17.6 Å². The maximum absolute atomic E-state index is 13.3. The minimum Gasteiger partial charge on any atom is -0.340 e. The monoisotopic (exact) mass is 464 g/mol. The number of hydrogen-bond donors (Lipinski definition) is 1. The van der Waals surface area contributed by atoms with Gasteiger partial charge in [0.1, 0.15) is 22.5 Å². The van der Waals surface area contributed by atoms with Crippen molar-refractivity contribution in [1.82, 2.24) is 24.5 Å². The van der Waals surface area contributed by atoms with Gasteiger partial charge < -0.3 is 10.2 Å². The van der Waals surface area contributed by atoms with Gasteiger partial charge in [-0.1, -0.05) is 4.49 Å². The number of thiophene rings is 1. The van der Waals surface area contributed by atoms with Crippen LogP contribution in [-0.4, -0.2) is 42.4 Å². The Kier molecular flexibility index (Phi) is 4.65. The summed E-state index contributed by atoms with van der Waals surface area (Å²) in [7, 11) is 0. The maximum Gasteiger partial charge on any atom is 0.226 e. The van der Waals surface area contributed by atoms with Gasteiger partial charge in [-0.25, -0.2) is 9.97 Å². The average Bonchev–Trinajstić information content (AvgIpc) is 3.48. The highest BCUT2D eigenvalue weighted by atomic mass is 32.1. The zero-order chi connectivity index (χ0) is 21.9. The first kappa shape index (κ1) is 20.0. The summed E-state index contributed by atoms with van der Waals surface area (Å²) < 4.78 is 5.06. The van der Waals surface area contributed by atoms with E-state index < -0.39 is 0 Å². The summed E-state index contributed by atoms with van der Waals surface area (Å²) >= 11 is 3.10. The molecule has 1 aliphatic heterocycles. The topological polar surface area (TPSA) is 83.9 Å². The van der Waals surface area contributed by atoms with E-state index in [0.29, 0.717) is 5.91 Å². The highest BCUT2D eigenvalue weighted by Crippen LogP contribution is 2.42. The lowest BCUT2D eigenvalue weighted by Crippen LogP contribution is -2.46. The number of aryl methyl sites for hydroxylation is 1. The number of fused-ring (bicyclic) bond motifs is 4. The van der Waals surface area contributed by atoms with Gasteiger partial charge in [-0.05, 0) is 81.2 Å². The van der Waals surface area contributed by atoms with Crippen molar-refractivity contribution in [3.63, 3.8) is 0 Å². The van der Waals surface area contributed by atoms with Crippen molar-refractivity contribution < 1.29 is 4.79 Å². The number of carbonyl (C=O) groups excluding carboxylic acids is 1. The lowest BCUT2D eigenvalue weighted by atomic mass is 9.86. The molecule has 7 nitrogen and oxygen atoms in total. The van der Waals surface area contributed by atoms with Gasteiger partial charge in [-0.3, -0.25) is 4.79 Å². The summed E-state index contributed by atoms with van der Waals surface area (Å²) in [5, 5.41) is 8.70. The van der Waals surface area contributed by atoms with Gasteiger partial charge in [-0.15, -0.1) is 16.4 Å². The normalized spacial score (nSPS) is 20.1. The van der Waals surface area contributed by atoms with Crippen molar-refractivity contribution in [2.24, 2.45) is 5.92 Å².